The molecule has 6 aliphatic heterocycles. The number of imide groups is 2. The van der Waals surface area contributed by atoms with Gasteiger partial charge in [-0.1, -0.05) is 48.5 Å². The van der Waals surface area contributed by atoms with Gasteiger partial charge in [0.15, 0.2) is 0 Å². The van der Waals surface area contributed by atoms with Gasteiger partial charge in [-0.2, -0.15) is 0 Å². The molecular weight excluding hydrogens is 751 g/mol. The number of benzene rings is 4. The highest BCUT2D eigenvalue weighted by molar-refractivity contribution is 6.23. The topological polar surface area (TPSA) is 114 Å². The molecule has 2 bridgehead atoms. The minimum atomic E-state index is -0.939. The van der Waals surface area contributed by atoms with Crippen molar-refractivity contribution in [2.75, 3.05) is 24.5 Å². The molecule has 0 radical (unpaired) electrons. The van der Waals surface area contributed by atoms with Crippen LogP contribution in [-0.4, -0.2) is 87.2 Å². The van der Waals surface area contributed by atoms with Gasteiger partial charge < -0.3 is 10.0 Å². The number of fused-ring (bicyclic) bond motifs is 5. The minimum Gasteiger partial charge on any atom is -0.508 e. The van der Waals surface area contributed by atoms with Gasteiger partial charge in [0.25, 0.3) is 11.8 Å². The van der Waals surface area contributed by atoms with Gasteiger partial charge in [0.05, 0.1) is 11.1 Å². The number of nitrogens with one attached hydrogen (secondary N) is 1. The number of carbonyl (C=O) groups excluding carboxylic acids is 4. The van der Waals surface area contributed by atoms with Gasteiger partial charge in [0.2, 0.25) is 11.8 Å². The van der Waals surface area contributed by atoms with E-state index >= 15 is 0 Å². The molecule has 4 saturated heterocycles. The van der Waals surface area contributed by atoms with Gasteiger partial charge in [-0.15, -0.1) is 0 Å². The summed E-state index contributed by atoms with van der Waals surface area (Å²) in [4.78, 5) is 60.3. The van der Waals surface area contributed by atoms with E-state index in [9.17, 15) is 24.3 Å². The number of amides is 4. The Morgan fingerprint density at radius 1 is 0.650 bits per heavy atom. The molecule has 0 spiro atoms. The molecule has 11 rings (SSSR count). The molecule has 4 aromatic carbocycles. The summed E-state index contributed by atoms with van der Waals surface area (Å²) in [6.07, 6.45) is 9.59. The predicted molar refractivity (Wildman–Crippen MR) is 228 cm³/mol. The molecule has 0 aromatic heterocycles. The average Bonchev–Trinajstić information content (AvgIpc) is 3.86. The molecule has 0 saturated carbocycles. The number of hydrogen-bond donors (Lipinski definition) is 2. The number of piperidine rings is 3. The van der Waals surface area contributed by atoms with E-state index in [1.165, 1.54) is 60.2 Å². The number of hydrogen-bond acceptors (Lipinski definition) is 8. The SMILES string of the molecule is O=C1CCC(N2C(=O)c3cc4c(cc3C2=O)CN(C2CC3CCC(C2)N3CC2CCN(c3ccc([C@@H]5c6ccc(O)cc6CC[C@@H]5c5ccccc5)cc3)CC2)C4)C(=O)N1. The fourth-order valence-electron chi connectivity index (χ4n) is 12.3. The molecule has 4 amide bonds. The summed E-state index contributed by atoms with van der Waals surface area (Å²) >= 11 is 0. The maximum atomic E-state index is 13.5. The molecule has 4 fully saturated rings. The highest BCUT2D eigenvalue weighted by Gasteiger charge is 2.47. The van der Waals surface area contributed by atoms with Gasteiger partial charge in [0, 0.05) is 68.9 Å². The largest absolute Gasteiger partial charge is 0.508 e. The number of aryl methyl sites for hydroxylation is 1. The summed E-state index contributed by atoms with van der Waals surface area (Å²) in [7, 11) is 0. The predicted octanol–water partition coefficient (Wildman–Crippen LogP) is 6.88. The molecule has 3 unspecified atom stereocenters. The lowest BCUT2D eigenvalue weighted by atomic mass is 9.69. The van der Waals surface area contributed by atoms with Crippen LogP contribution in [0.5, 0.6) is 5.75 Å². The summed E-state index contributed by atoms with van der Waals surface area (Å²) in [5, 5.41) is 12.6. The maximum absolute atomic E-state index is 13.5. The first-order chi connectivity index (χ1) is 29.3. The molecule has 1 aliphatic carbocycles. The molecule has 4 aromatic rings. The number of anilines is 1. The minimum absolute atomic E-state index is 0.118. The van der Waals surface area contributed by atoms with E-state index in [0.717, 1.165) is 67.9 Å². The third kappa shape index (κ3) is 6.54. The Bertz CT molecular complexity index is 2320. The summed E-state index contributed by atoms with van der Waals surface area (Å²) in [5.41, 5.74) is 9.62. The third-order valence-corrected chi connectivity index (χ3v) is 15.4. The van der Waals surface area contributed by atoms with Crippen molar-refractivity contribution >= 4 is 29.3 Å². The molecular formula is C50H53N5O5. The molecule has 10 heteroatoms. The lowest BCUT2D eigenvalue weighted by Gasteiger charge is -2.44. The molecule has 60 heavy (non-hydrogen) atoms. The van der Waals surface area contributed by atoms with Crippen LogP contribution >= 0.6 is 0 Å². The summed E-state index contributed by atoms with van der Waals surface area (Å²) in [5.74, 6) is -0.0835. The Balaban J connectivity index is 0.702. The van der Waals surface area contributed by atoms with Gasteiger partial charge >= 0.3 is 0 Å². The molecule has 7 aliphatic rings. The Labute approximate surface area is 351 Å². The summed E-state index contributed by atoms with van der Waals surface area (Å²) in [6, 6.07) is 30.8. The lowest BCUT2D eigenvalue weighted by molar-refractivity contribution is -0.136. The van der Waals surface area contributed by atoms with Gasteiger partial charge in [-0.25, -0.2) is 0 Å². The van der Waals surface area contributed by atoms with E-state index in [1.54, 1.807) is 0 Å². The maximum Gasteiger partial charge on any atom is 0.262 e. The van der Waals surface area contributed by atoms with E-state index in [4.69, 9.17) is 0 Å². The van der Waals surface area contributed by atoms with E-state index < -0.39 is 23.8 Å². The second kappa shape index (κ2) is 15.0. The first-order valence-corrected chi connectivity index (χ1v) is 22.3. The number of nitrogens with zero attached hydrogens (tertiary/aromatic N) is 4. The van der Waals surface area contributed by atoms with Crippen LogP contribution in [0.2, 0.25) is 0 Å². The van der Waals surface area contributed by atoms with Crippen molar-refractivity contribution in [3.8, 4) is 5.75 Å². The second-order valence-electron chi connectivity index (χ2n) is 18.7. The fraction of sp³-hybridized carbons (Fsp3) is 0.440. The van der Waals surface area contributed by atoms with Crippen LogP contribution in [0.15, 0.2) is 84.9 Å². The van der Waals surface area contributed by atoms with Crippen LogP contribution in [-0.2, 0) is 29.1 Å². The fourth-order valence-corrected chi connectivity index (χ4v) is 12.3. The number of rotatable bonds is 7. The quantitative estimate of drug-likeness (QED) is 0.195. The van der Waals surface area contributed by atoms with Crippen molar-refractivity contribution in [3.63, 3.8) is 0 Å². The van der Waals surface area contributed by atoms with Crippen LogP contribution in [0.25, 0.3) is 0 Å². The molecule has 6 heterocycles. The Hall–Kier alpha value is -5.32. The van der Waals surface area contributed by atoms with E-state index in [1.807, 2.05) is 24.3 Å². The summed E-state index contributed by atoms with van der Waals surface area (Å²) in [6.45, 7) is 4.91. The van der Waals surface area contributed by atoms with Crippen LogP contribution in [0.4, 0.5) is 5.69 Å². The Morgan fingerprint density at radius 3 is 2.00 bits per heavy atom. The zero-order valence-electron chi connectivity index (χ0n) is 34.1. The van der Waals surface area contributed by atoms with E-state index in [-0.39, 0.29) is 24.7 Å². The number of carbonyl (C=O) groups is 4. The van der Waals surface area contributed by atoms with Crippen molar-refractivity contribution in [3.05, 3.63) is 129 Å². The van der Waals surface area contributed by atoms with Crippen LogP contribution < -0.4 is 10.2 Å². The zero-order valence-corrected chi connectivity index (χ0v) is 34.1. The summed E-state index contributed by atoms with van der Waals surface area (Å²) < 4.78 is 0. The monoisotopic (exact) mass is 803 g/mol. The van der Waals surface area contributed by atoms with E-state index in [0.29, 0.717) is 46.8 Å². The standard InChI is InChI=1S/C50H53N5O5/c56-40-13-15-42-33(22-40)8-14-41(31-4-2-1-3-5-31)47(42)32-6-9-36(10-7-32)52-20-18-30(19-21-52)27-54-37-11-12-38(54)26-39(25-37)53-28-34-23-43-44(24-35(34)29-53)50(60)55(49(43)59)45-16-17-46(57)51-48(45)58/h1-7,9-10,13,15,22-24,30,37-39,41,45,47,56H,8,11-12,14,16-21,25-29H2,(H,51,57,58)/t37?,38?,39?,41-,45?,47+/m1/s1. The van der Waals surface area contributed by atoms with Crippen LogP contribution in [0.1, 0.15) is 124 Å². The second-order valence-corrected chi connectivity index (χ2v) is 18.7. The van der Waals surface area contributed by atoms with Crippen molar-refractivity contribution < 1.29 is 24.3 Å². The van der Waals surface area contributed by atoms with Crippen LogP contribution in [0.3, 0.4) is 0 Å². The lowest BCUT2D eigenvalue weighted by Crippen LogP contribution is -2.54. The smallest absolute Gasteiger partial charge is 0.262 e. The molecule has 10 nitrogen and oxygen atoms in total. The van der Waals surface area contributed by atoms with Crippen molar-refractivity contribution in [2.24, 2.45) is 5.92 Å². The van der Waals surface area contributed by atoms with Gasteiger partial charge in [0.1, 0.15) is 11.8 Å². The normalized spacial score (nSPS) is 28.2. The highest BCUT2D eigenvalue weighted by Crippen LogP contribution is 2.48. The first kappa shape index (κ1) is 37.7. The third-order valence-electron chi connectivity index (χ3n) is 15.4. The van der Waals surface area contributed by atoms with Crippen molar-refractivity contribution in [1.82, 2.24) is 20.0 Å². The van der Waals surface area contributed by atoms with Gasteiger partial charge in [-0.05, 0) is 139 Å². The average molecular weight is 804 g/mol. The van der Waals surface area contributed by atoms with E-state index in [2.05, 4.69) is 80.7 Å². The Morgan fingerprint density at radius 2 is 1.33 bits per heavy atom. The number of phenols is 1. The zero-order chi connectivity index (χ0) is 40.6. The van der Waals surface area contributed by atoms with Gasteiger partial charge in [-0.3, -0.25) is 39.2 Å². The number of phenolic OH excluding ortho intramolecular Hbond substituents is 1. The van der Waals surface area contributed by atoms with Crippen LogP contribution in [0, 0.1) is 5.92 Å². The number of aromatic hydroxyl groups is 1. The molecule has 2 N–H and O–H groups in total. The van der Waals surface area contributed by atoms with Crippen molar-refractivity contribution in [1.29, 1.82) is 0 Å². The van der Waals surface area contributed by atoms with Crippen molar-refractivity contribution in [2.45, 2.75) is 113 Å². The molecule has 5 atom stereocenters. The highest BCUT2D eigenvalue weighted by atomic mass is 16.3. The first-order valence-electron chi connectivity index (χ1n) is 22.3. The molecule has 308 valence electrons. The Kier molecular flexibility index (Phi) is 9.41.